The van der Waals surface area contributed by atoms with Crippen molar-refractivity contribution in [1.29, 1.82) is 0 Å². The van der Waals surface area contributed by atoms with E-state index in [9.17, 15) is 13.2 Å². The van der Waals surface area contributed by atoms with Crippen LogP contribution in [0.5, 0.6) is 0 Å². The number of aryl methyl sites for hydroxylation is 2. The van der Waals surface area contributed by atoms with Gasteiger partial charge in [0.2, 0.25) is 5.91 Å². The molecule has 1 aliphatic carbocycles. The molecule has 2 aromatic carbocycles. The summed E-state index contributed by atoms with van der Waals surface area (Å²) in [6, 6.07) is 12.2. The van der Waals surface area contributed by atoms with Gasteiger partial charge in [-0.25, -0.2) is 8.42 Å². The molecule has 0 saturated heterocycles. The highest BCUT2D eigenvalue weighted by atomic mass is 32.2. The Bertz CT molecular complexity index is 975. The van der Waals surface area contributed by atoms with Crippen molar-refractivity contribution in [2.24, 2.45) is 5.92 Å². The Balaban J connectivity index is 1.74. The molecule has 1 saturated carbocycles. The summed E-state index contributed by atoms with van der Waals surface area (Å²) in [4.78, 5) is 12.8. The second-order valence-corrected chi connectivity index (χ2v) is 9.80. The highest BCUT2D eigenvalue weighted by Gasteiger charge is 2.51. The lowest BCUT2D eigenvalue weighted by atomic mass is 9.94. The van der Waals surface area contributed by atoms with E-state index in [0.717, 1.165) is 29.5 Å². The minimum absolute atomic E-state index is 0.0599. The van der Waals surface area contributed by atoms with E-state index in [-0.39, 0.29) is 10.8 Å². The molecule has 3 rings (SSSR count). The van der Waals surface area contributed by atoms with E-state index in [1.165, 1.54) is 0 Å². The van der Waals surface area contributed by atoms with Crippen molar-refractivity contribution >= 4 is 21.6 Å². The molecule has 1 amide bonds. The summed E-state index contributed by atoms with van der Waals surface area (Å²) in [6.07, 6.45) is 1.65. The van der Waals surface area contributed by atoms with Gasteiger partial charge in [-0.2, -0.15) is 0 Å². The van der Waals surface area contributed by atoms with E-state index in [1.807, 2.05) is 26.0 Å². The van der Waals surface area contributed by atoms with Gasteiger partial charge in [-0.15, -0.1) is 0 Å². The molecule has 0 unspecified atom stereocenters. The third-order valence-corrected chi connectivity index (χ3v) is 6.71. The third-order valence-electron chi connectivity index (χ3n) is 5.33. The predicted molar refractivity (Wildman–Crippen MR) is 112 cm³/mol. The second kappa shape index (κ2) is 7.59. The largest absolute Gasteiger partial charge is 0.355 e. The average molecular weight is 401 g/mol. The van der Waals surface area contributed by atoms with Gasteiger partial charge in [-0.3, -0.25) is 9.52 Å². The Morgan fingerprint density at radius 1 is 1.04 bits per heavy atom. The highest BCUT2D eigenvalue weighted by molar-refractivity contribution is 7.92. The number of carbonyl (C=O) groups excluding carboxylic acids is 1. The quantitative estimate of drug-likeness (QED) is 0.740. The van der Waals surface area contributed by atoms with Crippen LogP contribution < -0.4 is 10.0 Å². The van der Waals surface area contributed by atoms with Gasteiger partial charge in [-0.05, 0) is 73.6 Å². The van der Waals surface area contributed by atoms with Gasteiger partial charge < -0.3 is 5.32 Å². The molecular formula is C22H28N2O3S. The fourth-order valence-corrected chi connectivity index (χ4v) is 4.33. The maximum atomic E-state index is 12.6. The van der Waals surface area contributed by atoms with E-state index in [0.29, 0.717) is 18.2 Å². The average Bonchev–Trinajstić information content (AvgIpc) is 3.44. The van der Waals surface area contributed by atoms with Crippen LogP contribution >= 0.6 is 0 Å². The van der Waals surface area contributed by atoms with Crippen LogP contribution in [0.15, 0.2) is 47.4 Å². The molecule has 2 N–H and O–H groups in total. The SMILES string of the molecule is Cc1ccc(S(=O)(=O)Nc2ccc(C3(C(=O)NCC(C)C)CC3)cc2)cc1C. The smallest absolute Gasteiger partial charge is 0.261 e. The first-order valence-corrected chi connectivity index (χ1v) is 11.1. The van der Waals surface area contributed by atoms with Crippen molar-refractivity contribution in [3.63, 3.8) is 0 Å². The number of nitrogens with one attached hydrogen (secondary N) is 2. The van der Waals surface area contributed by atoms with E-state index >= 15 is 0 Å². The number of sulfonamides is 1. The Labute approximate surface area is 167 Å². The zero-order chi connectivity index (χ0) is 20.5. The van der Waals surface area contributed by atoms with Gasteiger partial charge in [0.15, 0.2) is 0 Å². The van der Waals surface area contributed by atoms with Crippen LogP contribution in [0, 0.1) is 19.8 Å². The zero-order valence-electron chi connectivity index (χ0n) is 16.9. The number of benzene rings is 2. The van der Waals surface area contributed by atoms with E-state index in [1.54, 1.807) is 30.3 Å². The summed E-state index contributed by atoms with van der Waals surface area (Å²) >= 11 is 0. The Morgan fingerprint density at radius 3 is 2.21 bits per heavy atom. The maximum absolute atomic E-state index is 12.6. The third kappa shape index (κ3) is 4.22. The summed E-state index contributed by atoms with van der Waals surface area (Å²) < 4.78 is 27.9. The van der Waals surface area contributed by atoms with Crippen molar-refractivity contribution in [1.82, 2.24) is 5.32 Å². The van der Waals surface area contributed by atoms with E-state index in [2.05, 4.69) is 23.9 Å². The van der Waals surface area contributed by atoms with Crippen LogP contribution in [-0.4, -0.2) is 20.9 Å². The van der Waals surface area contributed by atoms with Crippen LogP contribution in [-0.2, 0) is 20.2 Å². The number of carbonyl (C=O) groups is 1. The molecule has 0 aliphatic heterocycles. The number of rotatable bonds is 7. The van der Waals surface area contributed by atoms with Crippen LogP contribution in [0.4, 0.5) is 5.69 Å². The topological polar surface area (TPSA) is 75.3 Å². The molecule has 0 bridgehead atoms. The number of hydrogen-bond acceptors (Lipinski definition) is 3. The number of hydrogen-bond donors (Lipinski definition) is 2. The monoisotopic (exact) mass is 400 g/mol. The van der Waals surface area contributed by atoms with Crippen LogP contribution in [0.3, 0.4) is 0 Å². The lowest BCUT2D eigenvalue weighted by Crippen LogP contribution is -2.36. The number of amides is 1. The zero-order valence-corrected chi connectivity index (χ0v) is 17.7. The first kappa shape index (κ1) is 20.4. The van der Waals surface area contributed by atoms with Crippen molar-refractivity contribution < 1.29 is 13.2 Å². The second-order valence-electron chi connectivity index (χ2n) is 8.11. The Morgan fingerprint density at radius 2 is 1.68 bits per heavy atom. The van der Waals surface area contributed by atoms with Gasteiger partial charge >= 0.3 is 0 Å². The van der Waals surface area contributed by atoms with Crippen molar-refractivity contribution in [3.8, 4) is 0 Å². The van der Waals surface area contributed by atoms with Gasteiger partial charge in [0.05, 0.1) is 10.3 Å². The molecule has 28 heavy (non-hydrogen) atoms. The molecular weight excluding hydrogens is 372 g/mol. The molecule has 0 radical (unpaired) electrons. The maximum Gasteiger partial charge on any atom is 0.261 e. The standard InChI is InChI=1S/C22H28N2O3S/c1-15(2)14-23-21(25)22(11-12-22)18-6-8-19(9-7-18)24-28(26,27)20-10-5-16(3)17(4)13-20/h5-10,13,15,24H,11-12,14H2,1-4H3,(H,23,25). The molecule has 0 atom stereocenters. The Hall–Kier alpha value is -2.34. The molecule has 2 aromatic rings. The summed E-state index contributed by atoms with van der Waals surface area (Å²) in [5.74, 6) is 0.464. The van der Waals surface area contributed by atoms with Gasteiger partial charge in [0.25, 0.3) is 10.0 Å². The summed E-state index contributed by atoms with van der Waals surface area (Å²) in [5.41, 5.74) is 2.94. The first-order valence-electron chi connectivity index (χ1n) is 9.63. The minimum atomic E-state index is -3.65. The van der Waals surface area contributed by atoms with Crippen molar-refractivity contribution in [2.45, 2.75) is 50.8 Å². The Kier molecular flexibility index (Phi) is 5.53. The molecule has 0 aromatic heterocycles. The van der Waals surface area contributed by atoms with E-state index < -0.39 is 15.4 Å². The van der Waals surface area contributed by atoms with Crippen LogP contribution in [0.2, 0.25) is 0 Å². The van der Waals surface area contributed by atoms with Gasteiger partial charge in [-0.1, -0.05) is 32.0 Å². The number of anilines is 1. The normalized spacial score (nSPS) is 15.3. The lowest BCUT2D eigenvalue weighted by molar-refractivity contribution is -0.123. The summed E-state index contributed by atoms with van der Waals surface area (Å²) in [7, 11) is -3.65. The lowest BCUT2D eigenvalue weighted by Gasteiger charge is -2.17. The predicted octanol–water partition coefficient (Wildman–Crippen LogP) is 3.91. The van der Waals surface area contributed by atoms with Crippen LogP contribution in [0.25, 0.3) is 0 Å². The van der Waals surface area contributed by atoms with Gasteiger partial charge in [0, 0.05) is 12.2 Å². The molecule has 1 aliphatic rings. The summed E-state index contributed by atoms with van der Waals surface area (Å²) in [5, 5.41) is 3.02. The highest BCUT2D eigenvalue weighted by Crippen LogP contribution is 2.48. The van der Waals surface area contributed by atoms with Crippen molar-refractivity contribution in [3.05, 3.63) is 59.2 Å². The fourth-order valence-electron chi connectivity index (χ4n) is 3.19. The van der Waals surface area contributed by atoms with Crippen LogP contribution in [0.1, 0.15) is 43.4 Å². The fraction of sp³-hybridized carbons (Fsp3) is 0.409. The molecule has 150 valence electrons. The van der Waals surface area contributed by atoms with Gasteiger partial charge in [0.1, 0.15) is 0 Å². The molecule has 6 heteroatoms. The molecule has 0 heterocycles. The molecule has 1 fully saturated rings. The molecule has 5 nitrogen and oxygen atoms in total. The minimum Gasteiger partial charge on any atom is -0.355 e. The first-order chi connectivity index (χ1) is 13.1. The van der Waals surface area contributed by atoms with E-state index in [4.69, 9.17) is 0 Å². The van der Waals surface area contributed by atoms with Crippen molar-refractivity contribution in [2.75, 3.05) is 11.3 Å². The molecule has 0 spiro atoms. The summed E-state index contributed by atoms with van der Waals surface area (Å²) in [6.45, 7) is 8.63.